The molecule has 0 saturated carbocycles. The molecule has 0 radical (unpaired) electrons. The Labute approximate surface area is 164 Å². The van der Waals surface area contributed by atoms with Crippen LogP contribution in [0.15, 0.2) is 47.3 Å². The average Bonchev–Trinajstić information content (AvgIpc) is 2.70. The summed E-state index contributed by atoms with van der Waals surface area (Å²) in [6, 6.07) is 13.5. The Morgan fingerprint density at radius 2 is 1.93 bits per heavy atom. The van der Waals surface area contributed by atoms with Crippen LogP contribution in [-0.2, 0) is 6.54 Å². The molecule has 1 saturated heterocycles. The third-order valence-electron chi connectivity index (χ3n) is 5.08. The highest BCUT2D eigenvalue weighted by Gasteiger charge is 2.19. The molecular formula is C22H26N4O2. The lowest BCUT2D eigenvalue weighted by atomic mass is 10.2. The maximum Gasteiger partial charge on any atom is 0.266 e. The van der Waals surface area contributed by atoms with Crippen LogP contribution in [0.4, 0.5) is 0 Å². The Kier molecular flexibility index (Phi) is 5.41. The van der Waals surface area contributed by atoms with Crippen LogP contribution in [0.2, 0.25) is 0 Å². The highest BCUT2D eigenvalue weighted by atomic mass is 16.5. The van der Waals surface area contributed by atoms with Crippen LogP contribution in [-0.4, -0.2) is 47.2 Å². The molecule has 0 amide bonds. The van der Waals surface area contributed by atoms with Crippen LogP contribution in [0.25, 0.3) is 16.6 Å². The van der Waals surface area contributed by atoms with Gasteiger partial charge in [0, 0.05) is 26.2 Å². The summed E-state index contributed by atoms with van der Waals surface area (Å²) in [5.41, 5.74) is 2.53. The molecule has 1 aromatic heterocycles. The van der Waals surface area contributed by atoms with E-state index in [1.54, 1.807) is 4.57 Å². The average molecular weight is 378 g/mol. The van der Waals surface area contributed by atoms with Gasteiger partial charge in [-0.15, -0.1) is 0 Å². The van der Waals surface area contributed by atoms with Gasteiger partial charge in [-0.25, -0.2) is 4.98 Å². The number of aromatic nitrogens is 2. The van der Waals surface area contributed by atoms with Crippen molar-refractivity contribution in [2.45, 2.75) is 20.4 Å². The van der Waals surface area contributed by atoms with Gasteiger partial charge in [0.05, 0.1) is 29.7 Å². The van der Waals surface area contributed by atoms with Crippen molar-refractivity contribution < 1.29 is 4.74 Å². The fourth-order valence-electron chi connectivity index (χ4n) is 3.68. The summed E-state index contributed by atoms with van der Waals surface area (Å²) in [4.78, 5) is 20.7. The van der Waals surface area contributed by atoms with Crippen molar-refractivity contribution in [2.75, 3.05) is 32.8 Å². The summed E-state index contributed by atoms with van der Waals surface area (Å²) in [5.74, 6) is 1.46. The van der Waals surface area contributed by atoms with Crippen LogP contribution < -0.4 is 15.6 Å². The molecule has 2 aromatic carbocycles. The van der Waals surface area contributed by atoms with E-state index in [1.807, 2.05) is 56.3 Å². The summed E-state index contributed by atoms with van der Waals surface area (Å²) >= 11 is 0. The molecule has 0 aliphatic carbocycles. The second kappa shape index (κ2) is 8.12. The molecule has 1 fully saturated rings. The predicted octanol–water partition coefficient (Wildman–Crippen LogP) is 2.50. The molecule has 3 aromatic rings. The van der Waals surface area contributed by atoms with Crippen molar-refractivity contribution in [3.05, 3.63) is 64.2 Å². The highest BCUT2D eigenvalue weighted by Crippen LogP contribution is 2.25. The quantitative estimate of drug-likeness (QED) is 0.739. The first-order valence-corrected chi connectivity index (χ1v) is 9.85. The minimum absolute atomic E-state index is 0.0551. The Hall–Kier alpha value is -2.70. The third-order valence-corrected chi connectivity index (χ3v) is 5.08. The van der Waals surface area contributed by atoms with Crippen molar-refractivity contribution >= 4 is 10.9 Å². The predicted molar refractivity (Wildman–Crippen MR) is 111 cm³/mol. The number of rotatable bonds is 5. The van der Waals surface area contributed by atoms with Crippen LogP contribution in [0.1, 0.15) is 18.3 Å². The van der Waals surface area contributed by atoms with Gasteiger partial charge in [0.1, 0.15) is 11.6 Å². The molecule has 6 heteroatoms. The molecule has 1 aliphatic heterocycles. The molecule has 2 heterocycles. The zero-order valence-corrected chi connectivity index (χ0v) is 16.4. The SMILES string of the molecule is CCOc1cc(C)ccc1-n1c(CN2CCNCC2)nc2ccccc2c1=O. The first-order chi connectivity index (χ1) is 13.7. The summed E-state index contributed by atoms with van der Waals surface area (Å²) in [7, 11) is 0. The van der Waals surface area contributed by atoms with E-state index in [0.29, 0.717) is 24.3 Å². The highest BCUT2D eigenvalue weighted by molar-refractivity contribution is 5.78. The molecule has 1 N–H and O–H groups in total. The molecule has 0 atom stereocenters. The van der Waals surface area contributed by atoms with Crippen LogP contribution in [0, 0.1) is 6.92 Å². The Balaban J connectivity index is 1.91. The zero-order valence-electron chi connectivity index (χ0n) is 16.4. The lowest BCUT2D eigenvalue weighted by molar-refractivity contribution is 0.226. The monoisotopic (exact) mass is 378 g/mol. The fraction of sp³-hybridized carbons (Fsp3) is 0.364. The van der Waals surface area contributed by atoms with E-state index in [0.717, 1.165) is 48.8 Å². The van der Waals surface area contributed by atoms with Crippen molar-refractivity contribution in [1.82, 2.24) is 19.8 Å². The van der Waals surface area contributed by atoms with Gasteiger partial charge >= 0.3 is 0 Å². The topological polar surface area (TPSA) is 59.4 Å². The van der Waals surface area contributed by atoms with Gasteiger partial charge in [0.2, 0.25) is 0 Å². The first-order valence-electron chi connectivity index (χ1n) is 9.85. The number of nitrogens with zero attached hydrogens (tertiary/aromatic N) is 3. The Bertz CT molecular complexity index is 1040. The number of hydrogen-bond donors (Lipinski definition) is 1. The van der Waals surface area contributed by atoms with Gasteiger partial charge in [-0.3, -0.25) is 14.3 Å². The normalized spacial score (nSPS) is 15.1. The maximum atomic E-state index is 13.5. The fourth-order valence-corrected chi connectivity index (χ4v) is 3.68. The van der Waals surface area contributed by atoms with Crippen LogP contribution >= 0.6 is 0 Å². The number of ether oxygens (including phenoxy) is 1. The number of piperazine rings is 1. The molecule has 0 bridgehead atoms. The first kappa shape index (κ1) is 18.7. The number of nitrogens with one attached hydrogen (secondary N) is 1. The van der Waals surface area contributed by atoms with Gasteiger partial charge < -0.3 is 10.1 Å². The Morgan fingerprint density at radius 3 is 2.71 bits per heavy atom. The zero-order chi connectivity index (χ0) is 19.5. The lowest BCUT2D eigenvalue weighted by Crippen LogP contribution is -2.44. The third kappa shape index (κ3) is 3.66. The summed E-state index contributed by atoms with van der Waals surface area (Å²) < 4.78 is 7.60. The number of para-hydroxylation sites is 1. The number of fused-ring (bicyclic) bond motifs is 1. The van der Waals surface area contributed by atoms with Gasteiger partial charge in [-0.1, -0.05) is 18.2 Å². The van der Waals surface area contributed by atoms with Crippen molar-refractivity contribution in [3.63, 3.8) is 0 Å². The second-order valence-corrected chi connectivity index (χ2v) is 7.12. The second-order valence-electron chi connectivity index (χ2n) is 7.12. The molecule has 28 heavy (non-hydrogen) atoms. The Morgan fingerprint density at radius 1 is 1.14 bits per heavy atom. The van der Waals surface area contributed by atoms with Gasteiger partial charge in [-0.2, -0.15) is 0 Å². The van der Waals surface area contributed by atoms with E-state index in [2.05, 4.69) is 10.2 Å². The molecule has 6 nitrogen and oxygen atoms in total. The van der Waals surface area contributed by atoms with E-state index in [1.165, 1.54) is 0 Å². The van der Waals surface area contributed by atoms with Crippen molar-refractivity contribution in [1.29, 1.82) is 0 Å². The summed E-state index contributed by atoms with van der Waals surface area (Å²) in [6.07, 6.45) is 0. The van der Waals surface area contributed by atoms with E-state index < -0.39 is 0 Å². The van der Waals surface area contributed by atoms with Gasteiger partial charge in [0.25, 0.3) is 5.56 Å². The van der Waals surface area contributed by atoms with Gasteiger partial charge in [0.15, 0.2) is 0 Å². The van der Waals surface area contributed by atoms with Crippen molar-refractivity contribution in [2.24, 2.45) is 0 Å². The van der Waals surface area contributed by atoms with E-state index in [9.17, 15) is 4.79 Å². The number of benzene rings is 2. The minimum Gasteiger partial charge on any atom is -0.492 e. The minimum atomic E-state index is -0.0551. The molecule has 1 aliphatic rings. The largest absolute Gasteiger partial charge is 0.492 e. The van der Waals surface area contributed by atoms with Crippen molar-refractivity contribution in [3.8, 4) is 11.4 Å². The molecular weight excluding hydrogens is 352 g/mol. The van der Waals surface area contributed by atoms with E-state index >= 15 is 0 Å². The number of hydrogen-bond acceptors (Lipinski definition) is 5. The lowest BCUT2D eigenvalue weighted by Gasteiger charge is -2.28. The molecule has 0 spiro atoms. The standard InChI is InChI=1S/C22H26N4O2/c1-3-28-20-14-16(2)8-9-19(20)26-21(15-25-12-10-23-11-13-25)24-18-7-5-4-6-17(18)22(26)27/h4-9,14,23H,3,10-13,15H2,1-2H3. The molecule has 4 rings (SSSR count). The smallest absolute Gasteiger partial charge is 0.266 e. The molecule has 0 unspecified atom stereocenters. The molecule has 146 valence electrons. The number of aryl methyl sites for hydroxylation is 1. The van der Waals surface area contributed by atoms with Crippen LogP contribution in [0.3, 0.4) is 0 Å². The van der Waals surface area contributed by atoms with Crippen LogP contribution in [0.5, 0.6) is 5.75 Å². The summed E-state index contributed by atoms with van der Waals surface area (Å²) in [5, 5.41) is 3.99. The van der Waals surface area contributed by atoms with E-state index in [4.69, 9.17) is 9.72 Å². The van der Waals surface area contributed by atoms with E-state index in [-0.39, 0.29) is 5.56 Å². The summed E-state index contributed by atoms with van der Waals surface area (Å²) in [6.45, 7) is 8.92. The maximum absolute atomic E-state index is 13.5. The van der Waals surface area contributed by atoms with Gasteiger partial charge in [-0.05, 0) is 43.7 Å².